The van der Waals surface area contributed by atoms with Crippen LogP contribution in [0, 0.1) is 5.82 Å². The van der Waals surface area contributed by atoms with Gasteiger partial charge < -0.3 is 4.42 Å². The van der Waals surface area contributed by atoms with Crippen LogP contribution in [-0.4, -0.2) is 22.1 Å². The first kappa shape index (κ1) is 14.9. The number of benzene rings is 1. The third kappa shape index (κ3) is 3.23. The molecule has 2 heterocycles. The third-order valence-electron chi connectivity index (χ3n) is 3.56. The molecular weight excluding hydrogens is 301 g/mol. The van der Waals surface area contributed by atoms with Gasteiger partial charge >= 0.3 is 0 Å². The van der Waals surface area contributed by atoms with Gasteiger partial charge in [0.1, 0.15) is 5.82 Å². The summed E-state index contributed by atoms with van der Waals surface area (Å²) >= 11 is 1.73. The van der Waals surface area contributed by atoms with Crippen LogP contribution in [0.2, 0.25) is 0 Å². The van der Waals surface area contributed by atoms with Gasteiger partial charge in [-0.3, -0.25) is 4.90 Å². The fourth-order valence-electron chi connectivity index (χ4n) is 2.12. The molecule has 22 heavy (non-hydrogen) atoms. The molecule has 0 aliphatic heterocycles. The Labute approximate surface area is 132 Å². The van der Waals surface area contributed by atoms with Crippen molar-refractivity contribution in [2.75, 3.05) is 7.05 Å². The Morgan fingerprint density at radius 2 is 2.00 bits per heavy atom. The van der Waals surface area contributed by atoms with Gasteiger partial charge in [-0.2, -0.15) is 0 Å². The summed E-state index contributed by atoms with van der Waals surface area (Å²) in [5.41, 5.74) is 0.717. The van der Waals surface area contributed by atoms with Crippen LogP contribution >= 0.6 is 11.3 Å². The first-order chi connectivity index (χ1) is 10.6. The van der Waals surface area contributed by atoms with E-state index in [2.05, 4.69) is 33.5 Å². The zero-order valence-electron chi connectivity index (χ0n) is 12.4. The van der Waals surface area contributed by atoms with Crippen molar-refractivity contribution in [1.29, 1.82) is 0 Å². The van der Waals surface area contributed by atoms with Crippen molar-refractivity contribution in [3.8, 4) is 11.5 Å². The molecule has 1 atom stereocenters. The SMILES string of the molecule is CC(c1cccs1)N(C)Cc1nnc(-c2ccc(F)cc2)o1. The Morgan fingerprint density at radius 1 is 1.23 bits per heavy atom. The molecule has 4 nitrogen and oxygen atoms in total. The van der Waals surface area contributed by atoms with E-state index in [0.29, 0.717) is 23.9 Å². The lowest BCUT2D eigenvalue weighted by Gasteiger charge is -2.21. The van der Waals surface area contributed by atoms with Crippen molar-refractivity contribution >= 4 is 11.3 Å². The van der Waals surface area contributed by atoms with Gasteiger partial charge in [0.2, 0.25) is 11.8 Å². The fraction of sp³-hybridized carbons (Fsp3) is 0.250. The summed E-state index contributed by atoms with van der Waals surface area (Å²) in [7, 11) is 2.02. The van der Waals surface area contributed by atoms with Gasteiger partial charge in [-0.25, -0.2) is 4.39 Å². The molecule has 6 heteroatoms. The van der Waals surface area contributed by atoms with E-state index in [0.717, 1.165) is 0 Å². The van der Waals surface area contributed by atoms with Crippen LogP contribution in [0.15, 0.2) is 46.2 Å². The average molecular weight is 317 g/mol. The number of rotatable bonds is 5. The Hall–Kier alpha value is -2.05. The summed E-state index contributed by atoms with van der Waals surface area (Å²) in [5, 5.41) is 10.2. The van der Waals surface area contributed by atoms with E-state index in [1.807, 2.05) is 13.1 Å². The van der Waals surface area contributed by atoms with Gasteiger partial charge in [-0.05, 0) is 49.7 Å². The fourth-order valence-corrected chi connectivity index (χ4v) is 2.97. The predicted octanol–water partition coefficient (Wildman–Crippen LogP) is 4.13. The number of hydrogen-bond donors (Lipinski definition) is 0. The minimum absolute atomic E-state index is 0.279. The second-order valence-electron chi connectivity index (χ2n) is 5.11. The highest BCUT2D eigenvalue weighted by atomic mass is 32.1. The van der Waals surface area contributed by atoms with E-state index in [-0.39, 0.29) is 11.9 Å². The molecule has 0 N–H and O–H groups in total. The van der Waals surface area contributed by atoms with Crippen LogP contribution in [0.5, 0.6) is 0 Å². The van der Waals surface area contributed by atoms with Crippen LogP contribution < -0.4 is 0 Å². The van der Waals surface area contributed by atoms with Crippen molar-refractivity contribution in [2.45, 2.75) is 19.5 Å². The third-order valence-corrected chi connectivity index (χ3v) is 4.60. The van der Waals surface area contributed by atoms with E-state index in [1.54, 1.807) is 23.5 Å². The standard InChI is InChI=1S/C16H16FN3OS/c1-11(14-4-3-9-22-14)20(2)10-15-18-19-16(21-15)12-5-7-13(17)8-6-12/h3-9,11H,10H2,1-2H3. The van der Waals surface area contributed by atoms with Crippen LogP contribution in [0.3, 0.4) is 0 Å². The maximum atomic E-state index is 12.9. The van der Waals surface area contributed by atoms with Crippen LogP contribution in [-0.2, 0) is 6.54 Å². The molecule has 0 aliphatic rings. The van der Waals surface area contributed by atoms with Crippen molar-refractivity contribution in [3.63, 3.8) is 0 Å². The van der Waals surface area contributed by atoms with Crippen molar-refractivity contribution < 1.29 is 8.81 Å². The molecular formula is C16H16FN3OS. The summed E-state index contributed by atoms with van der Waals surface area (Å²) in [6, 6.07) is 10.5. The molecule has 1 aromatic carbocycles. The summed E-state index contributed by atoms with van der Waals surface area (Å²) in [6.45, 7) is 2.70. The molecule has 1 unspecified atom stereocenters. The molecule has 0 saturated heterocycles. The molecule has 0 amide bonds. The lowest BCUT2D eigenvalue weighted by atomic mass is 10.2. The number of hydrogen-bond acceptors (Lipinski definition) is 5. The molecule has 0 spiro atoms. The maximum Gasteiger partial charge on any atom is 0.247 e. The van der Waals surface area contributed by atoms with Crippen molar-refractivity contribution in [3.05, 3.63) is 58.4 Å². The minimum atomic E-state index is -0.284. The van der Waals surface area contributed by atoms with E-state index >= 15 is 0 Å². The van der Waals surface area contributed by atoms with Gasteiger partial charge in [0.05, 0.1) is 6.54 Å². The van der Waals surface area contributed by atoms with Gasteiger partial charge in [-0.15, -0.1) is 21.5 Å². The molecule has 0 fully saturated rings. The van der Waals surface area contributed by atoms with Crippen molar-refractivity contribution in [2.24, 2.45) is 0 Å². The Kier molecular flexibility index (Phi) is 4.31. The Morgan fingerprint density at radius 3 is 2.68 bits per heavy atom. The second kappa shape index (κ2) is 6.37. The largest absolute Gasteiger partial charge is 0.419 e. The smallest absolute Gasteiger partial charge is 0.247 e. The first-order valence-corrected chi connectivity index (χ1v) is 7.83. The maximum absolute atomic E-state index is 12.9. The molecule has 3 rings (SSSR count). The summed E-state index contributed by atoms with van der Waals surface area (Å²) < 4.78 is 18.6. The lowest BCUT2D eigenvalue weighted by Crippen LogP contribution is -2.21. The monoisotopic (exact) mass is 317 g/mol. The van der Waals surface area contributed by atoms with E-state index in [1.165, 1.54) is 17.0 Å². The molecule has 0 radical (unpaired) electrons. The lowest BCUT2D eigenvalue weighted by molar-refractivity contribution is 0.231. The highest BCUT2D eigenvalue weighted by Gasteiger charge is 2.16. The van der Waals surface area contributed by atoms with E-state index < -0.39 is 0 Å². The summed E-state index contributed by atoms with van der Waals surface area (Å²) in [4.78, 5) is 3.44. The van der Waals surface area contributed by atoms with Gasteiger partial charge in [0.25, 0.3) is 0 Å². The molecule has 0 bridgehead atoms. The van der Waals surface area contributed by atoms with Crippen LogP contribution in [0.25, 0.3) is 11.5 Å². The zero-order chi connectivity index (χ0) is 15.5. The molecule has 0 aliphatic carbocycles. The van der Waals surface area contributed by atoms with Crippen LogP contribution in [0.4, 0.5) is 4.39 Å². The summed E-state index contributed by atoms with van der Waals surface area (Å²) in [5.74, 6) is 0.672. The number of halogens is 1. The van der Waals surface area contributed by atoms with Crippen LogP contribution in [0.1, 0.15) is 23.7 Å². The topological polar surface area (TPSA) is 42.2 Å². The highest BCUT2D eigenvalue weighted by molar-refractivity contribution is 7.10. The summed E-state index contributed by atoms with van der Waals surface area (Å²) in [6.07, 6.45) is 0. The number of nitrogens with zero attached hydrogens (tertiary/aromatic N) is 3. The van der Waals surface area contributed by atoms with Gasteiger partial charge in [0.15, 0.2) is 0 Å². The Balaban J connectivity index is 1.70. The minimum Gasteiger partial charge on any atom is -0.419 e. The molecule has 0 saturated carbocycles. The normalized spacial score (nSPS) is 12.7. The van der Waals surface area contributed by atoms with E-state index in [9.17, 15) is 4.39 Å². The molecule has 2 aromatic heterocycles. The number of thiophene rings is 1. The Bertz CT molecular complexity index is 724. The molecule has 114 valence electrons. The highest BCUT2D eigenvalue weighted by Crippen LogP contribution is 2.25. The second-order valence-corrected chi connectivity index (χ2v) is 6.09. The average Bonchev–Trinajstić information content (AvgIpc) is 3.18. The first-order valence-electron chi connectivity index (χ1n) is 6.95. The predicted molar refractivity (Wildman–Crippen MR) is 83.9 cm³/mol. The van der Waals surface area contributed by atoms with E-state index in [4.69, 9.17) is 4.42 Å². The van der Waals surface area contributed by atoms with Gasteiger partial charge in [-0.1, -0.05) is 6.07 Å². The zero-order valence-corrected chi connectivity index (χ0v) is 13.2. The number of aromatic nitrogens is 2. The van der Waals surface area contributed by atoms with Crippen molar-refractivity contribution in [1.82, 2.24) is 15.1 Å². The quantitative estimate of drug-likeness (QED) is 0.709. The van der Waals surface area contributed by atoms with Gasteiger partial charge in [0, 0.05) is 16.5 Å². The molecule has 3 aromatic rings.